The molecule has 0 unspecified atom stereocenters. The number of anilines is 5. The largest absolute Gasteiger partial charge is 0.495 e. The minimum absolute atomic E-state index is 0.418. The van der Waals surface area contributed by atoms with E-state index in [4.69, 9.17) is 21.1 Å². The van der Waals surface area contributed by atoms with Crippen molar-refractivity contribution < 1.29 is 9.47 Å². The first kappa shape index (κ1) is 19.2. The van der Waals surface area contributed by atoms with Crippen LogP contribution in [0.2, 0.25) is 5.02 Å². The Morgan fingerprint density at radius 1 is 0.931 bits per heavy atom. The lowest BCUT2D eigenvalue weighted by Gasteiger charge is -2.27. The molecule has 0 atom stereocenters. The summed E-state index contributed by atoms with van der Waals surface area (Å²) >= 11 is 6.23. The number of nitrogens with zero attached hydrogens (tertiary/aromatic N) is 4. The second-order valence-corrected chi connectivity index (χ2v) is 6.75. The lowest BCUT2D eigenvalue weighted by atomic mass is 10.3. The predicted octanol–water partition coefficient (Wildman–Crippen LogP) is 3.86. The molecule has 150 valence electrons. The number of ether oxygens (including phenoxy) is 2. The molecule has 0 radical (unpaired) electrons. The summed E-state index contributed by atoms with van der Waals surface area (Å²) in [7, 11) is 1.58. The normalized spacial score (nSPS) is 13.8. The van der Waals surface area contributed by atoms with Gasteiger partial charge >= 0.3 is 0 Å². The Hall–Kier alpha value is -3.10. The van der Waals surface area contributed by atoms with Crippen molar-refractivity contribution in [3.05, 3.63) is 53.6 Å². The number of halogens is 1. The molecular weight excluding hydrogens is 392 g/mol. The topological polar surface area (TPSA) is 84.4 Å². The lowest BCUT2D eigenvalue weighted by molar-refractivity contribution is 0.122. The zero-order chi connectivity index (χ0) is 20.1. The van der Waals surface area contributed by atoms with Crippen LogP contribution in [0.1, 0.15) is 0 Å². The minimum Gasteiger partial charge on any atom is -0.495 e. The first-order valence-corrected chi connectivity index (χ1v) is 9.60. The van der Waals surface area contributed by atoms with Gasteiger partial charge in [0, 0.05) is 24.5 Å². The van der Waals surface area contributed by atoms with Crippen molar-refractivity contribution in [1.29, 1.82) is 0 Å². The van der Waals surface area contributed by atoms with E-state index in [1.54, 1.807) is 19.2 Å². The fourth-order valence-corrected chi connectivity index (χ4v) is 3.16. The number of hydrogen-bond donors (Lipinski definition) is 2. The van der Waals surface area contributed by atoms with Gasteiger partial charge < -0.3 is 25.0 Å². The Kier molecular flexibility index (Phi) is 5.92. The van der Waals surface area contributed by atoms with E-state index in [-0.39, 0.29) is 0 Å². The molecule has 2 heterocycles. The van der Waals surface area contributed by atoms with E-state index in [0.717, 1.165) is 24.5 Å². The molecular formula is C20H21ClN6O2. The van der Waals surface area contributed by atoms with Crippen LogP contribution in [-0.2, 0) is 4.74 Å². The highest BCUT2D eigenvalue weighted by Gasteiger charge is 2.17. The monoisotopic (exact) mass is 412 g/mol. The number of benzene rings is 2. The third kappa shape index (κ3) is 4.85. The third-order valence-electron chi connectivity index (χ3n) is 4.36. The molecule has 9 heteroatoms. The number of para-hydroxylation sites is 1. The van der Waals surface area contributed by atoms with Crippen LogP contribution in [0.5, 0.6) is 5.75 Å². The predicted molar refractivity (Wildman–Crippen MR) is 114 cm³/mol. The molecule has 1 aliphatic heterocycles. The Bertz CT molecular complexity index is 966. The van der Waals surface area contributed by atoms with Gasteiger partial charge in [-0.05, 0) is 30.3 Å². The van der Waals surface area contributed by atoms with Gasteiger partial charge in [0.25, 0.3) is 0 Å². The smallest absolute Gasteiger partial charge is 0.233 e. The van der Waals surface area contributed by atoms with Crippen molar-refractivity contribution in [3.8, 4) is 5.75 Å². The van der Waals surface area contributed by atoms with Crippen LogP contribution >= 0.6 is 11.6 Å². The van der Waals surface area contributed by atoms with Gasteiger partial charge in [-0.1, -0.05) is 29.8 Å². The van der Waals surface area contributed by atoms with E-state index in [9.17, 15) is 0 Å². The fourth-order valence-electron chi connectivity index (χ4n) is 2.91. The Balaban J connectivity index is 1.64. The van der Waals surface area contributed by atoms with Gasteiger partial charge in [0.15, 0.2) is 0 Å². The van der Waals surface area contributed by atoms with Crippen LogP contribution in [0.4, 0.5) is 29.2 Å². The minimum atomic E-state index is 0.418. The summed E-state index contributed by atoms with van der Waals surface area (Å²) in [5.41, 5.74) is 1.64. The molecule has 1 fully saturated rings. The first-order chi connectivity index (χ1) is 14.2. The molecule has 4 rings (SSSR count). The van der Waals surface area contributed by atoms with Crippen molar-refractivity contribution in [2.24, 2.45) is 0 Å². The standard InChI is InChI=1S/C20H21ClN6O2/c1-28-17-8-7-15(13-16(17)21)23-19-24-18(22-14-5-3-2-4-6-14)25-20(26-19)27-9-11-29-12-10-27/h2-8,13H,9-12H2,1H3,(H2,22,23,24,25,26). The van der Waals surface area contributed by atoms with Gasteiger partial charge in [-0.25, -0.2) is 0 Å². The molecule has 0 amide bonds. The van der Waals surface area contributed by atoms with Crippen molar-refractivity contribution in [2.75, 3.05) is 48.9 Å². The lowest BCUT2D eigenvalue weighted by Crippen LogP contribution is -2.37. The SMILES string of the molecule is COc1ccc(Nc2nc(Nc3ccccc3)nc(N3CCOCC3)n2)cc1Cl. The first-order valence-electron chi connectivity index (χ1n) is 9.23. The van der Waals surface area contributed by atoms with Crippen molar-refractivity contribution >= 4 is 40.8 Å². The van der Waals surface area contributed by atoms with Crippen LogP contribution in [-0.4, -0.2) is 48.4 Å². The zero-order valence-electron chi connectivity index (χ0n) is 15.9. The van der Waals surface area contributed by atoms with E-state index in [2.05, 4.69) is 30.5 Å². The Labute approximate surface area is 173 Å². The average Bonchev–Trinajstić information content (AvgIpc) is 2.75. The number of methoxy groups -OCH3 is 1. The van der Waals surface area contributed by atoms with Crippen LogP contribution in [0, 0.1) is 0 Å². The summed E-state index contributed by atoms with van der Waals surface area (Å²) in [4.78, 5) is 15.8. The van der Waals surface area contributed by atoms with E-state index in [1.165, 1.54) is 0 Å². The van der Waals surface area contributed by atoms with Gasteiger partial charge in [-0.2, -0.15) is 15.0 Å². The summed E-state index contributed by atoms with van der Waals surface area (Å²) in [6.45, 7) is 2.74. The molecule has 1 aromatic heterocycles. The van der Waals surface area contributed by atoms with E-state index < -0.39 is 0 Å². The number of nitrogens with one attached hydrogen (secondary N) is 2. The third-order valence-corrected chi connectivity index (χ3v) is 4.65. The van der Waals surface area contributed by atoms with Crippen LogP contribution in [0.15, 0.2) is 48.5 Å². The second kappa shape index (κ2) is 8.93. The maximum absolute atomic E-state index is 6.23. The molecule has 8 nitrogen and oxygen atoms in total. The molecule has 29 heavy (non-hydrogen) atoms. The molecule has 0 bridgehead atoms. The quantitative estimate of drug-likeness (QED) is 0.631. The maximum atomic E-state index is 6.23. The molecule has 0 spiro atoms. The summed E-state index contributed by atoms with van der Waals surface area (Å²) in [5, 5.41) is 6.94. The summed E-state index contributed by atoms with van der Waals surface area (Å²) < 4.78 is 10.6. The number of morpholine rings is 1. The Morgan fingerprint density at radius 2 is 1.62 bits per heavy atom. The zero-order valence-corrected chi connectivity index (χ0v) is 16.7. The molecule has 2 N–H and O–H groups in total. The van der Waals surface area contributed by atoms with Gasteiger partial charge in [-0.3, -0.25) is 0 Å². The van der Waals surface area contributed by atoms with Crippen LogP contribution in [0.25, 0.3) is 0 Å². The van der Waals surface area contributed by atoms with Crippen LogP contribution in [0.3, 0.4) is 0 Å². The molecule has 1 aliphatic rings. The highest BCUT2D eigenvalue weighted by molar-refractivity contribution is 6.32. The fraction of sp³-hybridized carbons (Fsp3) is 0.250. The summed E-state index contributed by atoms with van der Waals surface area (Å²) in [6.07, 6.45) is 0. The molecule has 3 aromatic rings. The molecule has 1 saturated heterocycles. The van der Waals surface area contributed by atoms with Crippen LogP contribution < -0.4 is 20.3 Å². The number of hydrogen-bond acceptors (Lipinski definition) is 8. The highest BCUT2D eigenvalue weighted by Crippen LogP contribution is 2.29. The number of aromatic nitrogens is 3. The molecule has 0 saturated carbocycles. The number of rotatable bonds is 6. The maximum Gasteiger partial charge on any atom is 0.233 e. The van der Waals surface area contributed by atoms with Crippen molar-refractivity contribution in [2.45, 2.75) is 0 Å². The van der Waals surface area contributed by atoms with E-state index in [1.807, 2.05) is 36.4 Å². The van der Waals surface area contributed by atoms with Gasteiger partial charge in [0.2, 0.25) is 17.8 Å². The molecule has 0 aliphatic carbocycles. The molecule has 2 aromatic carbocycles. The average molecular weight is 413 g/mol. The van der Waals surface area contributed by atoms with E-state index in [0.29, 0.717) is 41.8 Å². The van der Waals surface area contributed by atoms with Gasteiger partial charge in [0.05, 0.1) is 25.3 Å². The summed E-state index contributed by atoms with van der Waals surface area (Å²) in [6, 6.07) is 15.2. The van der Waals surface area contributed by atoms with Gasteiger partial charge in [0.1, 0.15) is 5.75 Å². The Morgan fingerprint density at radius 3 is 2.28 bits per heavy atom. The second-order valence-electron chi connectivity index (χ2n) is 6.35. The van der Waals surface area contributed by atoms with Crippen molar-refractivity contribution in [3.63, 3.8) is 0 Å². The van der Waals surface area contributed by atoms with Crippen molar-refractivity contribution in [1.82, 2.24) is 15.0 Å². The highest BCUT2D eigenvalue weighted by atomic mass is 35.5. The van der Waals surface area contributed by atoms with Gasteiger partial charge in [-0.15, -0.1) is 0 Å². The van der Waals surface area contributed by atoms with E-state index >= 15 is 0 Å². The summed E-state index contributed by atoms with van der Waals surface area (Å²) in [5.74, 6) is 2.06.